The zero-order chi connectivity index (χ0) is 26.5. The molecule has 38 heavy (non-hydrogen) atoms. The molecule has 5 heteroatoms. The van der Waals surface area contributed by atoms with E-state index < -0.39 is 11.1 Å². The standard InChI is InChI=1S/C33H33FN3O.H2/c1-31(12-6-9-28(19-31)37-14-13-33(34,22-37)27-7-4-3-5-8-27)21-36-30(38)24-11-10-23-15-25-16-26(25)18-32(2,20-35)29(23)17-24;/h3-11,16-17,19H,12-15,18,21-22H2,1-2H3,(H,36,38);1H/t31?,32-,33?;/m0./s1. The molecule has 0 spiro atoms. The quantitative estimate of drug-likeness (QED) is 0.514. The molecule has 0 aromatic heterocycles. The van der Waals surface area contributed by atoms with E-state index in [0.717, 1.165) is 35.2 Å². The minimum atomic E-state index is -1.35. The molecule has 3 aliphatic carbocycles. The van der Waals surface area contributed by atoms with Crippen LogP contribution >= 0.6 is 0 Å². The number of alkyl halides is 1. The van der Waals surface area contributed by atoms with Crippen LogP contribution in [0.1, 0.15) is 61.6 Å². The Morgan fingerprint density at radius 3 is 2.79 bits per heavy atom. The molecular formula is C33H35FN3O. The van der Waals surface area contributed by atoms with Crippen molar-refractivity contribution < 1.29 is 10.6 Å². The lowest BCUT2D eigenvalue weighted by Gasteiger charge is -2.32. The van der Waals surface area contributed by atoms with Gasteiger partial charge in [-0.15, -0.1) is 0 Å². The van der Waals surface area contributed by atoms with E-state index in [1.54, 1.807) is 0 Å². The van der Waals surface area contributed by atoms with E-state index in [-0.39, 0.29) is 12.7 Å². The van der Waals surface area contributed by atoms with Crippen LogP contribution in [0.2, 0.25) is 0 Å². The SMILES string of the molecule is CC1(CNC(=O)c2ccc3c(c2)[C@](C)(C#N)CC2=C([CH]2)C3)C=C(N2CCC(F)(c3ccccc3)C2)C=CC1.[HH]. The van der Waals surface area contributed by atoms with E-state index in [4.69, 9.17) is 0 Å². The van der Waals surface area contributed by atoms with Gasteiger partial charge in [-0.3, -0.25) is 4.79 Å². The highest BCUT2D eigenvalue weighted by Gasteiger charge is 2.41. The third kappa shape index (κ3) is 4.47. The van der Waals surface area contributed by atoms with Crippen molar-refractivity contribution in [3.05, 3.63) is 112 Å². The van der Waals surface area contributed by atoms with Gasteiger partial charge in [-0.2, -0.15) is 5.26 Å². The summed E-state index contributed by atoms with van der Waals surface area (Å²) in [6, 6.07) is 17.7. The van der Waals surface area contributed by atoms with E-state index in [0.29, 0.717) is 38.0 Å². The van der Waals surface area contributed by atoms with Gasteiger partial charge in [0.05, 0.1) is 18.0 Å². The highest BCUT2D eigenvalue weighted by atomic mass is 19.1. The number of nitrogens with zero attached hydrogens (tertiary/aromatic N) is 2. The van der Waals surface area contributed by atoms with Crippen molar-refractivity contribution in [1.82, 2.24) is 10.2 Å². The second-order valence-electron chi connectivity index (χ2n) is 11.9. The summed E-state index contributed by atoms with van der Waals surface area (Å²) in [6.07, 6.45) is 11.4. The Labute approximate surface area is 226 Å². The highest BCUT2D eigenvalue weighted by Crippen LogP contribution is 2.47. The Kier molecular flexibility index (Phi) is 5.83. The first kappa shape index (κ1) is 24.7. The topological polar surface area (TPSA) is 56.1 Å². The predicted octanol–water partition coefficient (Wildman–Crippen LogP) is 6.33. The molecule has 1 aliphatic heterocycles. The van der Waals surface area contributed by atoms with Crippen LogP contribution in [-0.2, 0) is 17.5 Å². The second-order valence-corrected chi connectivity index (χ2v) is 11.9. The number of carbonyl (C=O) groups excluding carboxylic acids is 1. The van der Waals surface area contributed by atoms with Crippen molar-refractivity contribution in [3.8, 4) is 6.07 Å². The van der Waals surface area contributed by atoms with Crippen molar-refractivity contribution in [2.45, 2.75) is 50.6 Å². The van der Waals surface area contributed by atoms with Gasteiger partial charge in [0, 0.05) is 44.0 Å². The number of nitrogens with one attached hydrogen (secondary N) is 1. The third-order valence-corrected chi connectivity index (χ3v) is 8.71. The van der Waals surface area contributed by atoms with E-state index >= 15 is 4.39 Å². The Morgan fingerprint density at radius 2 is 2.00 bits per heavy atom. The number of amides is 1. The number of allylic oxidation sites excluding steroid dienone is 4. The first-order valence-electron chi connectivity index (χ1n) is 13.5. The van der Waals surface area contributed by atoms with Crippen LogP contribution in [0.3, 0.4) is 0 Å². The number of rotatable bonds is 5. The Morgan fingerprint density at radius 1 is 1.18 bits per heavy atom. The minimum Gasteiger partial charge on any atom is -0.368 e. The van der Waals surface area contributed by atoms with E-state index in [9.17, 15) is 10.1 Å². The van der Waals surface area contributed by atoms with Gasteiger partial charge in [-0.1, -0.05) is 66.6 Å². The Hall–Kier alpha value is -3.65. The smallest absolute Gasteiger partial charge is 0.251 e. The number of carbonyl (C=O) groups is 1. The molecule has 0 bridgehead atoms. The van der Waals surface area contributed by atoms with E-state index in [2.05, 4.69) is 47.9 Å². The number of hydrogen-bond donors (Lipinski definition) is 1. The molecule has 195 valence electrons. The van der Waals surface area contributed by atoms with Crippen molar-refractivity contribution >= 4 is 5.91 Å². The van der Waals surface area contributed by atoms with Crippen LogP contribution < -0.4 is 5.32 Å². The molecule has 1 N–H and O–H groups in total. The molecule has 1 saturated heterocycles. The predicted molar refractivity (Wildman–Crippen MR) is 149 cm³/mol. The van der Waals surface area contributed by atoms with Crippen molar-refractivity contribution in [1.29, 1.82) is 5.26 Å². The summed E-state index contributed by atoms with van der Waals surface area (Å²) in [6.45, 7) is 5.57. The lowest BCUT2D eigenvalue weighted by atomic mass is 9.77. The number of fused-ring (bicyclic) bond motifs is 1. The Balaban J connectivity index is 0.00000308. The van der Waals surface area contributed by atoms with Gasteiger partial charge in [0.2, 0.25) is 0 Å². The summed E-state index contributed by atoms with van der Waals surface area (Å²) >= 11 is 0. The van der Waals surface area contributed by atoms with Gasteiger partial charge in [0.15, 0.2) is 5.67 Å². The average molecular weight is 509 g/mol. The second kappa shape index (κ2) is 8.98. The molecule has 2 unspecified atom stereocenters. The normalized spacial score (nSPS) is 29.6. The summed E-state index contributed by atoms with van der Waals surface area (Å²) in [7, 11) is 0. The maximum Gasteiger partial charge on any atom is 0.251 e. The summed E-state index contributed by atoms with van der Waals surface area (Å²) in [5, 5.41) is 13.1. The Bertz CT molecular complexity index is 1440. The summed E-state index contributed by atoms with van der Waals surface area (Å²) in [5.41, 5.74) is 4.79. The van der Waals surface area contributed by atoms with Crippen LogP contribution in [0.4, 0.5) is 4.39 Å². The van der Waals surface area contributed by atoms with Crippen LogP contribution in [-0.4, -0.2) is 30.4 Å². The molecule has 0 saturated carbocycles. The lowest BCUT2D eigenvalue weighted by molar-refractivity contribution is 0.0940. The van der Waals surface area contributed by atoms with Gasteiger partial charge in [-0.25, -0.2) is 4.39 Å². The maximum atomic E-state index is 15.8. The molecule has 1 radical (unpaired) electrons. The molecule has 1 fully saturated rings. The van der Waals surface area contributed by atoms with Crippen molar-refractivity contribution in [2.24, 2.45) is 5.41 Å². The first-order chi connectivity index (χ1) is 18.2. The molecule has 1 amide bonds. The average Bonchev–Trinajstić information content (AvgIpc) is 3.54. The molecule has 2 aromatic rings. The van der Waals surface area contributed by atoms with Crippen molar-refractivity contribution in [3.63, 3.8) is 0 Å². The molecule has 2 aromatic carbocycles. The number of likely N-dealkylation sites (tertiary alicyclic amines) is 1. The third-order valence-electron chi connectivity index (χ3n) is 8.71. The van der Waals surface area contributed by atoms with Crippen LogP contribution in [0, 0.1) is 23.2 Å². The molecule has 3 atom stereocenters. The largest absolute Gasteiger partial charge is 0.368 e. The van der Waals surface area contributed by atoms with Crippen molar-refractivity contribution in [2.75, 3.05) is 19.6 Å². The van der Waals surface area contributed by atoms with E-state index in [1.807, 2.05) is 55.5 Å². The van der Waals surface area contributed by atoms with Crippen LogP contribution in [0.25, 0.3) is 0 Å². The molecule has 6 rings (SSSR count). The summed E-state index contributed by atoms with van der Waals surface area (Å²) in [5.74, 6) is -0.131. The molecule has 4 aliphatic rings. The van der Waals surface area contributed by atoms with Gasteiger partial charge < -0.3 is 10.2 Å². The molecule has 4 nitrogen and oxygen atoms in total. The fraction of sp³-hybridized carbons (Fsp3) is 0.364. The van der Waals surface area contributed by atoms with Gasteiger partial charge in [-0.05, 0) is 61.1 Å². The number of hydrogen-bond acceptors (Lipinski definition) is 3. The number of halogens is 1. The summed E-state index contributed by atoms with van der Waals surface area (Å²) in [4.78, 5) is 15.4. The number of nitriles is 1. The van der Waals surface area contributed by atoms with Gasteiger partial charge in [0.25, 0.3) is 5.91 Å². The fourth-order valence-electron chi connectivity index (χ4n) is 6.25. The zero-order valence-electron chi connectivity index (χ0n) is 22.1. The van der Waals surface area contributed by atoms with Crippen LogP contribution in [0.5, 0.6) is 0 Å². The van der Waals surface area contributed by atoms with Crippen LogP contribution in [0.15, 0.2) is 83.6 Å². The minimum absolute atomic E-state index is 0. The number of benzene rings is 2. The van der Waals surface area contributed by atoms with E-state index in [1.165, 1.54) is 11.1 Å². The zero-order valence-corrected chi connectivity index (χ0v) is 22.1. The van der Waals surface area contributed by atoms with Gasteiger partial charge in [0.1, 0.15) is 0 Å². The monoisotopic (exact) mass is 508 g/mol. The maximum absolute atomic E-state index is 15.8. The molecule has 1 heterocycles. The highest BCUT2D eigenvalue weighted by molar-refractivity contribution is 5.94. The lowest BCUT2D eigenvalue weighted by Crippen LogP contribution is -2.37. The first-order valence-corrected chi connectivity index (χ1v) is 13.5. The molecular weight excluding hydrogens is 473 g/mol. The fourth-order valence-corrected chi connectivity index (χ4v) is 6.25. The van der Waals surface area contributed by atoms with Gasteiger partial charge >= 0.3 is 0 Å². The summed E-state index contributed by atoms with van der Waals surface area (Å²) < 4.78 is 15.8.